The van der Waals surface area contributed by atoms with E-state index in [0.29, 0.717) is 12.1 Å². The first-order chi connectivity index (χ1) is 10.2. The molecule has 0 spiro atoms. The van der Waals surface area contributed by atoms with E-state index >= 15 is 0 Å². The summed E-state index contributed by atoms with van der Waals surface area (Å²) in [6, 6.07) is 15.3. The Hall–Kier alpha value is -2.62. The van der Waals surface area contributed by atoms with E-state index in [1.54, 1.807) is 4.90 Å². The highest BCUT2D eigenvalue weighted by Crippen LogP contribution is 2.19. The number of aryl methyl sites for hydroxylation is 1. The summed E-state index contributed by atoms with van der Waals surface area (Å²) in [5, 5.41) is 0. The van der Waals surface area contributed by atoms with Crippen molar-refractivity contribution >= 4 is 22.6 Å². The zero-order chi connectivity index (χ0) is 14.8. The largest absolute Gasteiger partial charge is 0.342 e. The molecule has 0 aliphatic heterocycles. The number of hydrogen-bond acceptors (Lipinski definition) is 2. The van der Waals surface area contributed by atoms with Crippen molar-refractivity contribution in [2.45, 2.75) is 13.8 Å². The van der Waals surface area contributed by atoms with Crippen molar-refractivity contribution < 1.29 is 4.79 Å². The average molecular weight is 279 g/mol. The van der Waals surface area contributed by atoms with Crippen LogP contribution in [0, 0.1) is 6.92 Å². The van der Waals surface area contributed by atoms with Crippen LogP contribution in [-0.4, -0.2) is 22.4 Å². The Balaban J connectivity index is 1.98. The van der Waals surface area contributed by atoms with Crippen LogP contribution in [-0.2, 0) is 0 Å². The number of para-hydroxylation sites is 1. The van der Waals surface area contributed by atoms with E-state index in [4.69, 9.17) is 0 Å². The van der Waals surface area contributed by atoms with E-state index in [1.807, 2.05) is 62.4 Å². The molecule has 21 heavy (non-hydrogen) atoms. The van der Waals surface area contributed by atoms with Crippen LogP contribution in [0.3, 0.4) is 0 Å². The lowest BCUT2D eigenvalue weighted by atomic mass is 10.1. The maximum atomic E-state index is 12.7. The average Bonchev–Trinajstić information content (AvgIpc) is 2.88. The number of nitrogens with one attached hydrogen (secondary N) is 1. The summed E-state index contributed by atoms with van der Waals surface area (Å²) in [5.41, 5.74) is 3.33. The van der Waals surface area contributed by atoms with Crippen molar-refractivity contribution in [1.29, 1.82) is 0 Å². The molecule has 4 heteroatoms. The second-order valence-electron chi connectivity index (χ2n) is 4.94. The molecule has 1 aromatic heterocycles. The Bertz CT molecular complexity index is 777. The first-order valence-electron chi connectivity index (χ1n) is 7.02. The van der Waals surface area contributed by atoms with Gasteiger partial charge in [0.05, 0.1) is 11.0 Å². The minimum atomic E-state index is -0.00810. The molecular formula is C17H17N3O. The van der Waals surface area contributed by atoms with Gasteiger partial charge in [-0.05, 0) is 44.2 Å². The highest BCUT2D eigenvalue weighted by Gasteiger charge is 2.16. The number of imidazole rings is 1. The quantitative estimate of drug-likeness (QED) is 0.797. The summed E-state index contributed by atoms with van der Waals surface area (Å²) in [6.45, 7) is 4.51. The Kier molecular flexibility index (Phi) is 3.44. The monoisotopic (exact) mass is 279 g/mol. The molecule has 0 bridgehead atoms. The molecule has 1 amide bonds. The fourth-order valence-corrected chi connectivity index (χ4v) is 2.47. The predicted molar refractivity (Wildman–Crippen MR) is 84.6 cm³/mol. The number of rotatable bonds is 3. The third-order valence-corrected chi connectivity index (χ3v) is 3.48. The molecule has 0 radical (unpaired) electrons. The van der Waals surface area contributed by atoms with Crippen LogP contribution in [0.15, 0.2) is 48.5 Å². The Morgan fingerprint density at radius 1 is 1.19 bits per heavy atom. The maximum absolute atomic E-state index is 12.7. The van der Waals surface area contributed by atoms with Gasteiger partial charge in [-0.2, -0.15) is 0 Å². The number of H-pyrrole nitrogens is 1. The van der Waals surface area contributed by atoms with Gasteiger partial charge in [0.15, 0.2) is 0 Å². The number of carbonyl (C=O) groups excluding carboxylic acids is 1. The smallest absolute Gasteiger partial charge is 0.258 e. The highest BCUT2D eigenvalue weighted by atomic mass is 16.2. The lowest BCUT2D eigenvalue weighted by Gasteiger charge is -2.21. The van der Waals surface area contributed by atoms with Gasteiger partial charge in [-0.1, -0.05) is 18.2 Å². The zero-order valence-electron chi connectivity index (χ0n) is 12.1. The van der Waals surface area contributed by atoms with Crippen molar-refractivity contribution in [1.82, 2.24) is 9.97 Å². The van der Waals surface area contributed by atoms with Crippen LogP contribution in [0.2, 0.25) is 0 Å². The molecule has 1 N–H and O–H groups in total. The van der Waals surface area contributed by atoms with Crippen molar-refractivity contribution in [2.75, 3.05) is 11.4 Å². The molecule has 3 rings (SSSR count). The van der Waals surface area contributed by atoms with Gasteiger partial charge >= 0.3 is 0 Å². The SMILES string of the molecule is CCN(C(=O)c1ccc2[nH]c(C)nc2c1)c1ccccc1. The lowest BCUT2D eigenvalue weighted by molar-refractivity contribution is 0.0988. The Morgan fingerprint density at radius 2 is 1.95 bits per heavy atom. The lowest BCUT2D eigenvalue weighted by Crippen LogP contribution is -2.30. The normalized spacial score (nSPS) is 10.8. The van der Waals surface area contributed by atoms with Gasteiger partial charge in [-0.15, -0.1) is 0 Å². The molecular weight excluding hydrogens is 262 g/mol. The summed E-state index contributed by atoms with van der Waals surface area (Å²) in [6.07, 6.45) is 0. The summed E-state index contributed by atoms with van der Waals surface area (Å²) in [5.74, 6) is 0.844. The molecule has 1 heterocycles. The summed E-state index contributed by atoms with van der Waals surface area (Å²) in [4.78, 5) is 22.0. The number of aromatic amines is 1. The Labute approximate surface area is 123 Å². The van der Waals surface area contributed by atoms with Gasteiger partial charge in [0, 0.05) is 17.8 Å². The second kappa shape index (κ2) is 5.40. The van der Waals surface area contributed by atoms with E-state index < -0.39 is 0 Å². The van der Waals surface area contributed by atoms with Gasteiger partial charge in [0.25, 0.3) is 5.91 Å². The van der Waals surface area contributed by atoms with Crippen LogP contribution in [0.4, 0.5) is 5.69 Å². The van der Waals surface area contributed by atoms with Crippen LogP contribution in [0.25, 0.3) is 11.0 Å². The molecule has 0 saturated carbocycles. The van der Waals surface area contributed by atoms with E-state index in [1.165, 1.54) is 0 Å². The third kappa shape index (κ3) is 2.52. The molecule has 0 fully saturated rings. The number of carbonyl (C=O) groups is 1. The molecule has 4 nitrogen and oxygen atoms in total. The fourth-order valence-electron chi connectivity index (χ4n) is 2.47. The maximum Gasteiger partial charge on any atom is 0.258 e. The first-order valence-corrected chi connectivity index (χ1v) is 7.02. The van der Waals surface area contributed by atoms with Crippen LogP contribution >= 0.6 is 0 Å². The summed E-state index contributed by atoms with van der Waals surface area (Å²) < 4.78 is 0. The minimum absolute atomic E-state index is 0.00810. The number of nitrogens with zero attached hydrogens (tertiary/aromatic N) is 2. The molecule has 0 saturated heterocycles. The summed E-state index contributed by atoms with van der Waals surface area (Å²) >= 11 is 0. The number of hydrogen-bond donors (Lipinski definition) is 1. The topological polar surface area (TPSA) is 49.0 Å². The van der Waals surface area contributed by atoms with Gasteiger partial charge in [0.1, 0.15) is 5.82 Å². The Morgan fingerprint density at radius 3 is 2.67 bits per heavy atom. The predicted octanol–water partition coefficient (Wildman–Crippen LogP) is 3.54. The van der Waals surface area contributed by atoms with E-state index in [9.17, 15) is 4.79 Å². The second-order valence-corrected chi connectivity index (χ2v) is 4.94. The summed E-state index contributed by atoms with van der Waals surface area (Å²) in [7, 11) is 0. The van der Waals surface area contributed by atoms with Crippen molar-refractivity contribution in [3.05, 3.63) is 59.9 Å². The van der Waals surface area contributed by atoms with E-state index in [0.717, 1.165) is 22.5 Å². The number of benzene rings is 2. The zero-order valence-corrected chi connectivity index (χ0v) is 12.1. The molecule has 0 aliphatic rings. The number of aromatic nitrogens is 2. The highest BCUT2D eigenvalue weighted by molar-refractivity contribution is 6.07. The van der Waals surface area contributed by atoms with Gasteiger partial charge in [0.2, 0.25) is 0 Å². The number of fused-ring (bicyclic) bond motifs is 1. The molecule has 0 aliphatic carbocycles. The number of amides is 1. The van der Waals surface area contributed by atoms with Crippen LogP contribution < -0.4 is 4.90 Å². The molecule has 2 aromatic carbocycles. The first kappa shape index (κ1) is 13.4. The van der Waals surface area contributed by atoms with Gasteiger partial charge in [-0.25, -0.2) is 4.98 Å². The molecule has 106 valence electrons. The number of anilines is 1. The standard InChI is InChI=1S/C17H17N3O/c1-3-20(14-7-5-4-6-8-14)17(21)13-9-10-15-16(11-13)19-12(2)18-15/h4-11H,3H2,1-2H3,(H,18,19). The molecule has 3 aromatic rings. The molecule has 0 atom stereocenters. The van der Waals surface area contributed by atoms with Gasteiger partial charge in [-0.3, -0.25) is 4.79 Å². The fraction of sp³-hybridized carbons (Fsp3) is 0.176. The van der Waals surface area contributed by atoms with E-state index in [-0.39, 0.29) is 5.91 Å². The van der Waals surface area contributed by atoms with E-state index in [2.05, 4.69) is 9.97 Å². The van der Waals surface area contributed by atoms with Crippen molar-refractivity contribution in [2.24, 2.45) is 0 Å². The molecule has 0 unspecified atom stereocenters. The minimum Gasteiger partial charge on any atom is -0.342 e. The van der Waals surface area contributed by atoms with Crippen LogP contribution in [0.5, 0.6) is 0 Å². The van der Waals surface area contributed by atoms with Crippen molar-refractivity contribution in [3.8, 4) is 0 Å². The van der Waals surface area contributed by atoms with Crippen molar-refractivity contribution in [3.63, 3.8) is 0 Å². The third-order valence-electron chi connectivity index (χ3n) is 3.48. The van der Waals surface area contributed by atoms with Crippen LogP contribution in [0.1, 0.15) is 23.1 Å². The van der Waals surface area contributed by atoms with Gasteiger partial charge < -0.3 is 9.88 Å².